The minimum Gasteiger partial charge on any atom is -0.389 e. The highest BCUT2D eigenvalue weighted by atomic mass is 32.1. The topological polar surface area (TPSA) is 46.3 Å². The van der Waals surface area contributed by atoms with Gasteiger partial charge in [-0.3, -0.25) is 4.79 Å². The Morgan fingerprint density at radius 2 is 1.81 bits per heavy atom. The molecule has 0 atom stereocenters. The number of likely N-dealkylation sites (tertiary alicyclic amines) is 1. The lowest BCUT2D eigenvalue weighted by molar-refractivity contribution is 0.0608. The summed E-state index contributed by atoms with van der Waals surface area (Å²) in [7, 11) is 0. The Labute approximate surface area is 132 Å². The van der Waals surface area contributed by atoms with Gasteiger partial charge in [0.05, 0.1) is 0 Å². The number of amides is 1. The van der Waals surface area contributed by atoms with Crippen molar-refractivity contribution < 1.29 is 4.79 Å². The molecule has 4 heteroatoms. The number of hydrogen-bond donors (Lipinski definition) is 1. The minimum absolute atomic E-state index is 0.0838. The van der Waals surface area contributed by atoms with Crippen LogP contribution in [-0.2, 0) is 0 Å². The maximum absolute atomic E-state index is 12.6. The van der Waals surface area contributed by atoms with Crippen LogP contribution in [0.1, 0.15) is 49.5 Å². The summed E-state index contributed by atoms with van der Waals surface area (Å²) in [6, 6.07) is 7.30. The van der Waals surface area contributed by atoms with Crippen molar-refractivity contribution in [3.8, 4) is 0 Å². The molecule has 2 rings (SSSR count). The second-order valence-corrected chi connectivity index (χ2v) is 7.32. The van der Waals surface area contributed by atoms with Crippen LogP contribution in [0.15, 0.2) is 24.3 Å². The molecule has 1 aromatic rings. The van der Waals surface area contributed by atoms with Crippen LogP contribution in [0.5, 0.6) is 0 Å². The normalized spacial score (nSPS) is 16.8. The van der Waals surface area contributed by atoms with Crippen LogP contribution in [0, 0.1) is 11.3 Å². The van der Waals surface area contributed by atoms with E-state index in [2.05, 4.69) is 20.8 Å². The van der Waals surface area contributed by atoms with Crippen molar-refractivity contribution in [2.45, 2.75) is 33.6 Å². The zero-order chi connectivity index (χ0) is 15.6. The Kier molecular flexibility index (Phi) is 4.67. The number of hydrogen-bond acceptors (Lipinski definition) is 2. The van der Waals surface area contributed by atoms with E-state index in [-0.39, 0.29) is 5.91 Å². The molecule has 1 saturated heterocycles. The highest BCUT2D eigenvalue weighted by molar-refractivity contribution is 7.80. The van der Waals surface area contributed by atoms with E-state index >= 15 is 0 Å². The first kappa shape index (κ1) is 16.0. The van der Waals surface area contributed by atoms with Gasteiger partial charge >= 0.3 is 0 Å². The van der Waals surface area contributed by atoms with Gasteiger partial charge in [0.1, 0.15) is 4.99 Å². The largest absolute Gasteiger partial charge is 0.389 e. The summed E-state index contributed by atoms with van der Waals surface area (Å²) in [4.78, 5) is 14.8. The zero-order valence-corrected chi connectivity index (χ0v) is 13.9. The monoisotopic (exact) mass is 304 g/mol. The molecule has 2 N–H and O–H groups in total. The quantitative estimate of drug-likeness (QED) is 0.853. The van der Waals surface area contributed by atoms with Gasteiger partial charge in [-0.2, -0.15) is 0 Å². The van der Waals surface area contributed by atoms with Crippen molar-refractivity contribution in [1.29, 1.82) is 0 Å². The average molecular weight is 304 g/mol. The number of thiocarbonyl (C=S) groups is 1. The molecule has 0 bridgehead atoms. The molecule has 21 heavy (non-hydrogen) atoms. The third-order valence-corrected chi connectivity index (χ3v) is 4.64. The smallest absolute Gasteiger partial charge is 0.253 e. The molecule has 1 heterocycles. The standard InChI is InChI=1S/C17H24N2OS/c1-17(2,3)14-7-9-19(10-8-14)16(20)13-6-4-5-12(11-13)15(18)21/h4-6,11,14H,7-10H2,1-3H3,(H2,18,21). The summed E-state index contributed by atoms with van der Waals surface area (Å²) in [6.07, 6.45) is 2.15. The van der Waals surface area contributed by atoms with Crippen molar-refractivity contribution in [3.05, 3.63) is 35.4 Å². The van der Waals surface area contributed by atoms with Crippen molar-refractivity contribution in [3.63, 3.8) is 0 Å². The predicted octanol–water partition coefficient (Wildman–Crippen LogP) is 3.22. The van der Waals surface area contributed by atoms with Crippen LogP contribution in [0.3, 0.4) is 0 Å². The lowest BCUT2D eigenvalue weighted by Crippen LogP contribution is -2.41. The Bertz CT molecular complexity index is 540. The van der Waals surface area contributed by atoms with Crippen LogP contribution >= 0.6 is 12.2 Å². The summed E-state index contributed by atoms with van der Waals surface area (Å²) < 4.78 is 0. The first-order valence-corrected chi connectivity index (χ1v) is 7.89. The number of carbonyl (C=O) groups is 1. The summed E-state index contributed by atoms with van der Waals surface area (Å²) >= 11 is 4.97. The number of nitrogens with zero attached hydrogens (tertiary/aromatic N) is 1. The second-order valence-electron chi connectivity index (χ2n) is 6.88. The van der Waals surface area contributed by atoms with E-state index in [0.29, 0.717) is 21.9 Å². The van der Waals surface area contributed by atoms with Gasteiger partial charge < -0.3 is 10.6 Å². The summed E-state index contributed by atoms with van der Waals surface area (Å²) in [5.41, 5.74) is 7.38. The SMILES string of the molecule is CC(C)(C)C1CCN(C(=O)c2cccc(C(N)=S)c2)CC1. The number of carbonyl (C=O) groups excluding carboxylic acids is 1. The minimum atomic E-state index is 0.0838. The van der Waals surface area contributed by atoms with Crippen LogP contribution in [-0.4, -0.2) is 28.9 Å². The van der Waals surface area contributed by atoms with Gasteiger partial charge in [0.2, 0.25) is 0 Å². The molecular weight excluding hydrogens is 280 g/mol. The maximum atomic E-state index is 12.6. The number of piperidine rings is 1. The molecule has 0 aliphatic carbocycles. The lowest BCUT2D eigenvalue weighted by atomic mass is 9.75. The van der Waals surface area contributed by atoms with Crippen LogP contribution in [0.2, 0.25) is 0 Å². The molecule has 0 spiro atoms. The fourth-order valence-electron chi connectivity index (χ4n) is 2.94. The van der Waals surface area contributed by atoms with Gasteiger partial charge in [-0.15, -0.1) is 0 Å². The molecule has 1 aromatic carbocycles. The molecule has 1 aliphatic rings. The van der Waals surface area contributed by atoms with Crippen LogP contribution in [0.4, 0.5) is 0 Å². The molecule has 3 nitrogen and oxygen atoms in total. The summed E-state index contributed by atoms with van der Waals surface area (Å²) in [5, 5.41) is 0. The van der Waals surface area contributed by atoms with Crippen molar-refractivity contribution in [2.75, 3.05) is 13.1 Å². The molecule has 0 radical (unpaired) electrons. The average Bonchev–Trinajstić information content (AvgIpc) is 2.46. The molecule has 1 fully saturated rings. The second kappa shape index (κ2) is 6.14. The van der Waals surface area contributed by atoms with Gasteiger partial charge in [-0.1, -0.05) is 45.1 Å². The predicted molar refractivity (Wildman–Crippen MR) is 90.4 cm³/mol. The molecule has 0 aromatic heterocycles. The van der Waals surface area contributed by atoms with Crippen molar-refractivity contribution in [1.82, 2.24) is 4.90 Å². The van der Waals surface area contributed by atoms with Gasteiger partial charge in [0.15, 0.2) is 0 Å². The number of rotatable bonds is 2. The van der Waals surface area contributed by atoms with E-state index in [9.17, 15) is 4.79 Å². The lowest BCUT2D eigenvalue weighted by Gasteiger charge is -2.38. The highest BCUT2D eigenvalue weighted by Gasteiger charge is 2.30. The molecule has 1 amide bonds. The van der Waals surface area contributed by atoms with E-state index in [1.807, 2.05) is 23.1 Å². The van der Waals surface area contributed by atoms with E-state index in [1.54, 1.807) is 6.07 Å². The van der Waals surface area contributed by atoms with Crippen molar-refractivity contribution in [2.24, 2.45) is 17.1 Å². The first-order chi connectivity index (χ1) is 9.79. The number of nitrogens with two attached hydrogens (primary N) is 1. The fourth-order valence-corrected chi connectivity index (χ4v) is 3.06. The Hall–Kier alpha value is -1.42. The first-order valence-electron chi connectivity index (χ1n) is 7.48. The highest BCUT2D eigenvalue weighted by Crippen LogP contribution is 2.34. The third kappa shape index (κ3) is 3.82. The van der Waals surface area contributed by atoms with E-state index in [4.69, 9.17) is 18.0 Å². The molecule has 1 aliphatic heterocycles. The molecule has 0 saturated carbocycles. The summed E-state index contributed by atoms with van der Waals surface area (Å²) in [5.74, 6) is 0.768. The summed E-state index contributed by atoms with van der Waals surface area (Å²) in [6.45, 7) is 8.50. The maximum Gasteiger partial charge on any atom is 0.253 e. The Morgan fingerprint density at radius 1 is 1.24 bits per heavy atom. The van der Waals surface area contributed by atoms with Gasteiger partial charge in [-0.05, 0) is 36.3 Å². The van der Waals surface area contributed by atoms with E-state index in [0.717, 1.165) is 31.5 Å². The van der Waals surface area contributed by atoms with Gasteiger partial charge in [0.25, 0.3) is 5.91 Å². The number of benzene rings is 1. The van der Waals surface area contributed by atoms with Crippen molar-refractivity contribution >= 4 is 23.1 Å². The van der Waals surface area contributed by atoms with Gasteiger partial charge in [-0.25, -0.2) is 0 Å². The van der Waals surface area contributed by atoms with Crippen LogP contribution in [0.25, 0.3) is 0 Å². The third-order valence-electron chi connectivity index (χ3n) is 4.40. The van der Waals surface area contributed by atoms with E-state index in [1.165, 1.54) is 0 Å². The fraction of sp³-hybridized carbons (Fsp3) is 0.529. The molecular formula is C17H24N2OS. The molecule has 0 unspecified atom stereocenters. The van der Waals surface area contributed by atoms with Crippen LogP contribution < -0.4 is 5.73 Å². The van der Waals surface area contributed by atoms with E-state index < -0.39 is 0 Å². The zero-order valence-electron chi connectivity index (χ0n) is 13.1. The van der Waals surface area contributed by atoms with Gasteiger partial charge in [0, 0.05) is 24.2 Å². The molecule has 114 valence electrons. The Morgan fingerprint density at radius 3 is 2.33 bits per heavy atom. The Balaban J connectivity index is 2.05.